The molecule has 0 aliphatic heterocycles. The molecule has 0 spiro atoms. The molecule has 0 bridgehead atoms. The van der Waals surface area contributed by atoms with E-state index in [9.17, 15) is 4.79 Å². The van der Waals surface area contributed by atoms with E-state index in [2.05, 4.69) is 16.6 Å². The molecule has 0 N–H and O–H groups in total. The van der Waals surface area contributed by atoms with Crippen molar-refractivity contribution >= 4 is 5.97 Å². The minimum absolute atomic E-state index is 0.242. The SMILES string of the molecule is CCOc1ccc(C#Cc2ccc(CC(=O)OC)cc2)cc1. The molecule has 112 valence electrons. The maximum atomic E-state index is 11.2. The Balaban J connectivity index is 2.03. The normalized spacial score (nSPS) is 9.55. The number of hydrogen-bond acceptors (Lipinski definition) is 3. The summed E-state index contributed by atoms with van der Waals surface area (Å²) in [5.41, 5.74) is 2.75. The maximum absolute atomic E-state index is 11.2. The molecule has 0 saturated carbocycles. The molecule has 0 aliphatic rings. The highest BCUT2D eigenvalue weighted by Gasteiger charge is 2.01. The van der Waals surface area contributed by atoms with Crippen LogP contribution in [0.5, 0.6) is 5.75 Å². The third-order valence-electron chi connectivity index (χ3n) is 3.05. The average molecular weight is 294 g/mol. The molecular weight excluding hydrogens is 276 g/mol. The zero-order valence-corrected chi connectivity index (χ0v) is 12.8. The van der Waals surface area contributed by atoms with Gasteiger partial charge in [0.1, 0.15) is 5.75 Å². The van der Waals surface area contributed by atoms with Gasteiger partial charge in [0, 0.05) is 11.1 Å². The summed E-state index contributed by atoms with van der Waals surface area (Å²) in [6, 6.07) is 15.3. The van der Waals surface area contributed by atoms with E-state index in [1.54, 1.807) is 0 Å². The summed E-state index contributed by atoms with van der Waals surface area (Å²) in [5.74, 6) is 6.81. The van der Waals surface area contributed by atoms with Crippen molar-refractivity contribution in [3.63, 3.8) is 0 Å². The van der Waals surface area contributed by atoms with E-state index in [4.69, 9.17) is 4.74 Å². The fraction of sp³-hybridized carbons (Fsp3) is 0.211. The molecule has 0 unspecified atom stereocenters. The van der Waals surface area contributed by atoms with Gasteiger partial charge in [-0.2, -0.15) is 0 Å². The molecular formula is C19H18O3. The van der Waals surface area contributed by atoms with Gasteiger partial charge in [-0.1, -0.05) is 24.0 Å². The van der Waals surface area contributed by atoms with E-state index >= 15 is 0 Å². The molecule has 3 heteroatoms. The molecule has 2 aromatic carbocycles. The van der Waals surface area contributed by atoms with Gasteiger partial charge in [-0.15, -0.1) is 0 Å². The Morgan fingerprint density at radius 3 is 2.00 bits per heavy atom. The predicted molar refractivity (Wildman–Crippen MR) is 85.8 cm³/mol. The van der Waals surface area contributed by atoms with Crippen LogP contribution >= 0.6 is 0 Å². The average Bonchev–Trinajstić information content (AvgIpc) is 2.56. The van der Waals surface area contributed by atoms with Crippen LogP contribution in [-0.4, -0.2) is 19.7 Å². The lowest BCUT2D eigenvalue weighted by Crippen LogP contribution is -2.04. The predicted octanol–water partition coefficient (Wildman–Crippen LogP) is 3.20. The van der Waals surface area contributed by atoms with Gasteiger partial charge >= 0.3 is 5.97 Å². The summed E-state index contributed by atoms with van der Waals surface area (Å²) < 4.78 is 10.0. The minimum atomic E-state index is -0.242. The Morgan fingerprint density at radius 1 is 0.955 bits per heavy atom. The third-order valence-corrected chi connectivity index (χ3v) is 3.05. The monoisotopic (exact) mass is 294 g/mol. The Labute approximate surface area is 130 Å². The van der Waals surface area contributed by atoms with Gasteiger partial charge in [0.15, 0.2) is 0 Å². The standard InChI is InChI=1S/C19H18O3/c1-3-22-18-12-10-16(11-13-18)5-4-15-6-8-17(9-7-15)14-19(20)21-2/h6-13H,3,14H2,1-2H3. The summed E-state index contributed by atoms with van der Waals surface area (Å²) in [4.78, 5) is 11.2. The topological polar surface area (TPSA) is 35.5 Å². The molecule has 0 amide bonds. The lowest BCUT2D eigenvalue weighted by atomic mass is 10.1. The van der Waals surface area contributed by atoms with Gasteiger partial charge in [-0.05, 0) is 48.9 Å². The molecule has 3 nitrogen and oxygen atoms in total. The number of carbonyl (C=O) groups is 1. The largest absolute Gasteiger partial charge is 0.494 e. The number of hydrogen-bond donors (Lipinski definition) is 0. The summed E-state index contributed by atoms with van der Waals surface area (Å²) >= 11 is 0. The lowest BCUT2D eigenvalue weighted by Gasteiger charge is -2.01. The molecule has 2 aromatic rings. The highest BCUT2D eigenvalue weighted by molar-refractivity contribution is 5.72. The molecule has 0 aromatic heterocycles. The third kappa shape index (κ3) is 4.68. The lowest BCUT2D eigenvalue weighted by molar-refractivity contribution is -0.139. The quantitative estimate of drug-likeness (QED) is 0.641. The number of ether oxygens (including phenoxy) is 2. The number of carbonyl (C=O) groups excluding carboxylic acids is 1. The number of methoxy groups -OCH3 is 1. The first-order chi connectivity index (χ1) is 10.7. The molecule has 0 atom stereocenters. The number of esters is 1. The smallest absolute Gasteiger partial charge is 0.309 e. The molecule has 0 fully saturated rings. The van der Waals surface area contributed by atoms with Crippen molar-refractivity contribution in [1.29, 1.82) is 0 Å². The number of rotatable bonds is 4. The van der Waals surface area contributed by atoms with Crippen LogP contribution in [0.25, 0.3) is 0 Å². The van der Waals surface area contributed by atoms with Crippen LogP contribution in [0.3, 0.4) is 0 Å². The number of benzene rings is 2. The van der Waals surface area contributed by atoms with Crippen molar-refractivity contribution in [2.75, 3.05) is 13.7 Å². The van der Waals surface area contributed by atoms with Gasteiger partial charge in [0.2, 0.25) is 0 Å². The second-order valence-corrected chi connectivity index (χ2v) is 4.66. The summed E-state index contributed by atoms with van der Waals surface area (Å²) in [6.07, 6.45) is 0.281. The van der Waals surface area contributed by atoms with Gasteiger partial charge in [0.05, 0.1) is 20.1 Å². The van der Waals surface area contributed by atoms with Gasteiger partial charge in [0.25, 0.3) is 0 Å². The second-order valence-electron chi connectivity index (χ2n) is 4.66. The Hall–Kier alpha value is -2.73. The van der Waals surface area contributed by atoms with Crippen LogP contribution in [0, 0.1) is 11.8 Å². The van der Waals surface area contributed by atoms with E-state index in [1.807, 2.05) is 55.5 Å². The van der Waals surface area contributed by atoms with Gasteiger partial charge in [-0.25, -0.2) is 0 Å². The summed E-state index contributed by atoms with van der Waals surface area (Å²) in [6.45, 7) is 2.61. The van der Waals surface area contributed by atoms with Crippen LogP contribution in [-0.2, 0) is 16.0 Å². The van der Waals surface area contributed by atoms with Crippen molar-refractivity contribution in [2.45, 2.75) is 13.3 Å². The van der Waals surface area contributed by atoms with E-state index in [0.717, 1.165) is 22.4 Å². The van der Waals surface area contributed by atoms with Gasteiger partial charge < -0.3 is 9.47 Å². The molecule has 0 saturated heterocycles. The Morgan fingerprint density at radius 2 is 1.50 bits per heavy atom. The van der Waals surface area contributed by atoms with Crippen molar-refractivity contribution in [2.24, 2.45) is 0 Å². The van der Waals surface area contributed by atoms with Crippen molar-refractivity contribution in [3.05, 3.63) is 65.2 Å². The first kappa shape index (κ1) is 15.7. The molecule has 22 heavy (non-hydrogen) atoms. The zero-order chi connectivity index (χ0) is 15.8. The van der Waals surface area contributed by atoms with Crippen LogP contribution < -0.4 is 4.74 Å². The van der Waals surface area contributed by atoms with Crippen molar-refractivity contribution in [1.82, 2.24) is 0 Å². The van der Waals surface area contributed by atoms with Crippen LogP contribution in [0.2, 0.25) is 0 Å². The van der Waals surface area contributed by atoms with E-state index in [1.165, 1.54) is 7.11 Å². The first-order valence-corrected chi connectivity index (χ1v) is 7.12. The van der Waals surface area contributed by atoms with Gasteiger partial charge in [-0.3, -0.25) is 4.79 Å². The second kappa shape index (κ2) is 7.90. The summed E-state index contributed by atoms with van der Waals surface area (Å²) in [7, 11) is 1.39. The molecule has 0 heterocycles. The van der Waals surface area contributed by atoms with E-state index in [-0.39, 0.29) is 12.4 Å². The van der Waals surface area contributed by atoms with Crippen LogP contribution in [0.4, 0.5) is 0 Å². The Kier molecular flexibility index (Phi) is 5.62. The Bertz CT molecular complexity index is 673. The molecule has 0 aliphatic carbocycles. The molecule has 2 rings (SSSR count). The highest BCUT2D eigenvalue weighted by Crippen LogP contribution is 2.11. The molecule has 0 radical (unpaired) electrons. The maximum Gasteiger partial charge on any atom is 0.309 e. The fourth-order valence-electron chi connectivity index (χ4n) is 1.89. The zero-order valence-electron chi connectivity index (χ0n) is 12.8. The van der Waals surface area contributed by atoms with Crippen molar-refractivity contribution < 1.29 is 14.3 Å². The minimum Gasteiger partial charge on any atom is -0.494 e. The van der Waals surface area contributed by atoms with Crippen LogP contribution in [0.1, 0.15) is 23.6 Å². The van der Waals surface area contributed by atoms with E-state index < -0.39 is 0 Å². The van der Waals surface area contributed by atoms with Crippen molar-refractivity contribution in [3.8, 4) is 17.6 Å². The first-order valence-electron chi connectivity index (χ1n) is 7.12. The van der Waals surface area contributed by atoms with Crippen LogP contribution in [0.15, 0.2) is 48.5 Å². The highest BCUT2D eigenvalue weighted by atomic mass is 16.5. The van der Waals surface area contributed by atoms with E-state index in [0.29, 0.717) is 6.61 Å². The summed E-state index contributed by atoms with van der Waals surface area (Å²) in [5, 5.41) is 0. The fourth-order valence-corrected chi connectivity index (χ4v) is 1.89.